The highest BCUT2D eigenvalue weighted by molar-refractivity contribution is 5.92. The van der Waals surface area contributed by atoms with Crippen LogP contribution in [0, 0.1) is 0 Å². The average Bonchev–Trinajstić information content (AvgIpc) is 2.69. The normalized spacial score (nSPS) is 17.9. The molecule has 0 radical (unpaired) electrons. The number of hydrogen-bond donors (Lipinski definition) is 0. The molecule has 0 spiro atoms. The van der Waals surface area contributed by atoms with Crippen LogP contribution in [0.5, 0.6) is 0 Å². The molecule has 3 nitrogen and oxygen atoms in total. The number of amides is 1. The Morgan fingerprint density at radius 2 is 1.41 bits per heavy atom. The van der Waals surface area contributed by atoms with Gasteiger partial charge in [0.2, 0.25) is 5.91 Å². The van der Waals surface area contributed by atoms with E-state index in [0.29, 0.717) is 0 Å². The van der Waals surface area contributed by atoms with Gasteiger partial charge in [-0.25, -0.2) is 0 Å². The number of aryl methyl sites for hydroxylation is 4. The van der Waals surface area contributed by atoms with Gasteiger partial charge in [0.15, 0.2) is 0 Å². The molecule has 2 aromatic rings. The molecule has 27 heavy (non-hydrogen) atoms. The fourth-order valence-corrected chi connectivity index (χ4v) is 3.92. The number of rotatable bonds is 2. The van der Waals surface area contributed by atoms with Crippen molar-refractivity contribution in [3.05, 3.63) is 76.4 Å². The Kier molecular flexibility index (Phi) is 5.40. The third-order valence-electron chi connectivity index (χ3n) is 5.84. The first kappa shape index (κ1) is 18.0. The summed E-state index contributed by atoms with van der Waals surface area (Å²) in [6, 6.07) is 15.8. The molecule has 4 aliphatic carbocycles. The molecule has 3 heteroatoms. The van der Waals surface area contributed by atoms with E-state index in [-0.39, 0.29) is 5.91 Å². The van der Waals surface area contributed by atoms with E-state index in [4.69, 9.17) is 0 Å². The van der Waals surface area contributed by atoms with Gasteiger partial charge in [-0.05, 0) is 66.6 Å². The number of piperazine rings is 1. The first-order chi connectivity index (χ1) is 13.2. The monoisotopic (exact) mass is 360 g/mol. The van der Waals surface area contributed by atoms with Crippen LogP contribution in [-0.2, 0) is 30.5 Å². The van der Waals surface area contributed by atoms with Crippen molar-refractivity contribution < 1.29 is 4.79 Å². The molecule has 0 atom stereocenters. The summed E-state index contributed by atoms with van der Waals surface area (Å²) in [6.07, 6.45) is 7.94. The van der Waals surface area contributed by atoms with Gasteiger partial charge in [-0.15, -0.1) is 0 Å². The molecule has 2 aromatic carbocycles. The predicted molar refractivity (Wildman–Crippen MR) is 111 cm³/mol. The zero-order chi connectivity index (χ0) is 18.6. The van der Waals surface area contributed by atoms with E-state index in [9.17, 15) is 4.79 Å². The summed E-state index contributed by atoms with van der Waals surface area (Å²) in [5.41, 5.74) is 6.64. The van der Waals surface area contributed by atoms with Crippen LogP contribution in [0.3, 0.4) is 0 Å². The Morgan fingerprint density at radius 3 is 2.11 bits per heavy atom. The van der Waals surface area contributed by atoms with Crippen LogP contribution in [0.2, 0.25) is 0 Å². The minimum Gasteiger partial charge on any atom is -0.337 e. The average molecular weight is 361 g/mol. The molecule has 5 aliphatic rings. The van der Waals surface area contributed by atoms with Gasteiger partial charge in [-0.1, -0.05) is 42.5 Å². The number of benzene rings is 2. The van der Waals surface area contributed by atoms with Gasteiger partial charge in [-0.3, -0.25) is 4.79 Å². The standard InChI is InChI=1S/C24H28N2O/c1-25-14-16-26(17-15-25)24(27)13-12-23-18-21-7-6-19-2-4-20(5-3-19)8-10-22(23)11-9-21/h2-5,9,11-13,18H,6-8,10,14-17H2,1H3/b13-12+. The second-order valence-corrected chi connectivity index (χ2v) is 7.81. The van der Waals surface area contributed by atoms with Crippen molar-refractivity contribution in [3.8, 4) is 0 Å². The van der Waals surface area contributed by atoms with E-state index in [1.54, 1.807) is 6.08 Å². The van der Waals surface area contributed by atoms with Crippen molar-refractivity contribution >= 4 is 12.0 Å². The van der Waals surface area contributed by atoms with Gasteiger partial charge in [0, 0.05) is 32.3 Å². The number of carbonyl (C=O) groups is 1. The summed E-state index contributed by atoms with van der Waals surface area (Å²) in [5, 5.41) is 0. The largest absolute Gasteiger partial charge is 0.337 e. The molecule has 4 bridgehead atoms. The molecule has 1 fully saturated rings. The van der Waals surface area contributed by atoms with Crippen LogP contribution < -0.4 is 0 Å². The molecule has 1 amide bonds. The lowest BCUT2D eigenvalue weighted by Gasteiger charge is -2.31. The van der Waals surface area contributed by atoms with Gasteiger partial charge in [0.05, 0.1) is 0 Å². The number of hydrogen-bond acceptors (Lipinski definition) is 2. The van der Waals surface area contributed by atoms with E-state index in [0.717, 1.165) is 51.9 Å². The summed E-state index contributed by atoms with van der Waals surface area (Å²) in [6.45, 7) is 3.56. The van der Waals surface area contributed by atoms with Crippen molar-refractivity contribution in [2.24, 2.45) is 0 Å². The smallest absolute Gasteiger partial charge is 0.246 e. The highest BCUT2D eigenvalue weighted by Crippen LogP contribution is 2.20. The van der Waals surface area contributed by atoms with Gasteiger partial charge >= 0.3 is 0 Å². The molecule has 1 aliphatic heterocycles. The maximum Gasteiger partial charge on any atom is 0.246 e. The maximum absolute atomic E-state index is 12.6. The second-order valence-electron chi connectivity index (χ2n) is 7.81. The number of nitrogens with zero attached hydrogens (tertiary/aromatic N) is 2. The Morgan fingerprint density at radius 1 is 0.815 bits per heavy atom. The van der Waals surface area contributed by atoms with E-state index in [1.165, 1.54) is 27.8 Å². The lowest BCUT2D eigenvalue weighted by molar-refractivity contribution is -0.127. The molecule has 140 valence electrons. The van der Waals surface area contributed by atoms with Crippen LogP contribution in [0.4, 0.5) is 0 Å². The minimum atomic E-state index is 0.135. The summed E-state index contributed by atoms with van der Waals surface area (Å²) < 4.78 is 0. The van der Waals surface area contributed by atoms with Crippen molar-refractivity contribution in [2.75, 3.05) is 33.2 Å². The summed E-state index contributed by atoms with van der Waals surface area (Å²) in [5.74, 6) is 0.135. The summed E-state index contributed by atoms with van der Waals surface area (Å²) in [4.78, 5) is 16.8. The number of carbonyl (C=O) groups excluding carboxylic acids is 1. The molecule has 1 saturated heterocycles. The second kappa shape index (κ2) is 8.10. The predicted octanol–water partition coefficient (Wildman–Crippen LogP) is 3.36. The third-order valence-corrected chi connectivity index (χ3v) is 5.84. The van der Waals surface area contributed by atoms with Crippen LogP contribution in [0.15, 0.2) is 48.5 Å². The van der Waals surface area contributed by atoms with Gasteiger partial charge in [0.25, 0.3) is 0 Å². The lowest BCUT2D eigenvalue weighted by atomic mass is 9.93. The molecular weight excluding hydrogens is 332 g/mol. The maximum atomic E-state index is 12.6. The molecule has 0 aromatic heterocycles. The molecule has 0 saturated carbocycles. The molecule has 0 N–H and O–H groups in total. The summed E-state index contributed by atoms with van der Waals surface area (Å²) in [7, 11) is 2.11. The van der Waals surface area contributed by atoms with E-state index < -0.39 is 0 Å². The van der Waals surface area contributed by atoms with Crippen molar-refractivity contribution in [3.63, 3.8) is 0 Å². The van der Waals surface area contributed by atoms with Crippen molar-refractivity contribution in [2.45, 2.75) is 25.7 Å². The Hall–Kier alpha value is -2.39. The van der Waals surface area contributed by atoms with Crippen molar-refractivity contribution in [1.29, 1.82) is 0 Å². The fourth-order valence-electron chi connectivity index (χ4n) is 3.92. The van der Waals surface area contributed by atoms with E-state index >= 15 is 0 Å². The Bertz CT molecular complexity index is 830. The van der Waals surface area contributed by atoms with E-state index in [1.807, 2.05) is 11.0 Å². The highest BCUT2D eigenvalue weighted by atomic mass is 16.2. The zero-order valence-corrected chi connectivity index (χ0v) is 16.2. The quantitative estimate of drug-likeness (QED) is 0.767. The fraction of sp³-hybridized carbons (Fsp3) is 0.375. The Labute approximate surface area is 162 Å². The zero-order valence-electron chi connectivity index (χ0n) is 16.2. The van der Waals surface area contributed by atoms with Crippen LogP contribution in [0.25, 0.3) is 6.08 Å². The summed E-state index contributed by atoms with van der Waals surface area (Å²) >= 11 is 0. The van der Waals surface area contributed by atoms with Crippen molar-refractivity contribution in [1.82, 2.24) is 9.80 Å². The molecule has 0 unspecified atom stereocenters. The molecular formula is C24H28N2O. The lowest BCUT2D eigenvalue weighted by Crippen LogP contribution is -2.46. The van der Waals surface area contributed by atoms with Crippen LogP contribution in [0.1, 0.15) is 27.8 Å². The first-order valence-electron chi connectivity index (χ1n) is 10.0. The molecule has 7 rings (SSSR count). The first-order valence-corrected chi connectivity index (χ1v) is 10.0. The van der Waals surface area contributed by atoms with Crippen LogP contribution in [-0.4, -0.2) is 48.9 Å². The third kappa shape index (κ3) is 4.48. The van der Waals surface area contributed by atoms with Gasteiger partial charge < -0.3 is 9.80 Å². The minimum absolute atomic E-state index is 0.135. The van der Waals surface area contributed by atoms with Crippen LogP contribution >= 0.6 is 0 Å². The highest BCUT2D eigenvalue weighted by Gasteiger charge is 2.17. The SMILES string of the molecule is CN1CCN(C(=O)/C=C/c2cc3ccc2CCc2ccc(cc2)CC3)CC1. The van der Waals surface area contributed by atoms with E-state index in [2.05, 4.69) is 54.4 Å². The topological polar surface area (TPSA) is 23.6 Å². The molecule has 1 heterocycles. The van der Waals surface area contributed by atoms with Gasteiger partial charge in [-0.2, -0.15) is 0 Å². The van der Waals surface area contributed by atoms with Gasteiger partial charge in [0.1, 0.15) is 0 Å². The number of likely N-dealkylation sites (N-methyl/N-ethyl adjacent to an activating group) is 1. The Balaban J connectivity index is 1.53.